The van der Waals surface area contributed by atoms with Crippen LogP contribution in [-0.4, -0.2) is 29.4 Å². The Morgan fingerprint density at radius 2 is 1.71 bits per heavy atom. The minimum absolute atomic E-state index is 0.0000120. The van der Waals surface area contributed by atoms with Crippen LogP contribution in [0.3, 0.4) is 0 Å². The molecule has 1 N–H and O–H groups in total. The molecule has 0 aliphatic carbocycles. The van der Waals surface area contributed by atoms with Crippen molar-refractivity contribution in [2.75, 3.05) is 6.61 Å². The maximum absolute atomic E-state index is 12.9. The highest BCUT2D eigenvalue weighted by molar-refractivity contribution is 6.32. The van der Waals surface area contributed by atoms with E-state index in [-0.39, 0.29) is 12.3 Å². The van der Waals surface area contributed by atoms with Crippen molar-refractivity contribution in [1.29, 1.82) is 5.41 Å². The Hall–Kier alpha value is -3.54. The molecule has 6 heteroatoms. The Bertz CT molecular complexity index is 1260. The van der Waals surface area contributed by atoms with Crippen LogP contribution >= 0.6 is 0 Å². The summed E-state index contributed by atoms with van der Waals surface area (Å²) in [6.45, 7) is 3.23. The zero-order valence-corrected chi connectivity index (χ0v) is 18.0. The molecule has 4 rings (SSSR count). The molecule has 0 unspecified atom stereocenters. The summed E-state index contributed by atoms with van der Waals surface area (Å²) in [5, 5.41) is 8.84. The molecule has 0 amide bonds. The number of ketones is 1. The normalized spacial score (nSPS) is 11.0. The number of nitrogens with one attached hydrogen (secondary N) is 1. The maximum Gasteiger partial charge on any atom is 0.203 e. The lowest BCUT2D eigenvalue weighted by Crippen LogP contribution is -2.29. The lowest BCUT2D eigenvalue weighted by molar-refractivity contribution is 0.0971. The van der Waals surface area contributed by atoms with E-state index in [2.05, 4.69) is 13.0 Å². The van der Waals surface area contributed by atoms with Crippen LogP contribution < -0.4 is 15.8 Å². The second-order valence-electron chi connectivity index (χ2n) is 7.65. The largest absolute Gasteiger partial charge is 0.492 e. The number of para-hydroxylation sites is 2. The molecule has 0 atom stereocenters. The Balaban J connectivity index is 1.67. The summed E-state index contributed by atoms with van der Waals surface area (Å²) in [6.07, 6.45) is 0.853. The minimum atomic E-state index is -0.0000120. The number of Topliss-reactive ketones (excluding diaryl/α,β-unsaturated/α-hetero) is 1. The summed E-state index contributed by atoms with van der Waals surface area (Å²) in [5.41, 5.74) is 5.17. The lowest BCUT2D eigenvalue weighted by atomic mass is 9.94. The van der Waals surface area contributed by atoms with Gasteiger partial charge in [0.05, 0.1) is 24.1 Å². The Morgan fingerprint density at radius 1 is 0.968 bits per heavy atom. The van der Waals surface area contributed by atoms with E-state index in [1.54, 1.807) is 4.57 Å². The molecule has 0 bridgehead atoms. The number of benzene rings is 3. The van der Waals surface area contributed by atoms with Gasteiger partial charge in [-0.1, -0.05) is 67.0 Å². The van der Waals surface area contributed by atoms with E-state index < -0.39 is 0 Å². The van der Waals surface area contributed by atoms with Gasteiger partial charge in [0.1, 0.15) is 20.2 Å². The van der Waals surface area contributed by atoms with Crippen molar-refractivity contribution in [2.24, 2.45) is 0 Å². The number of carbonyl (C=O) groups excluding carboxylic acids is 1. The van der Waals surface area contributed by atoms with Gasteiger partial charge < -0.3 is 13.9 Å². The summed E-state index contributed by atoms with van der Waals surface area (Å²) in [6, 6.07) is 23.4. The molecule has 0 aliphatic rings. The first-order valence-corrected chi connectivity index (χ1v) is 10.6. The molecule has 5 nitrogen and oxygen atoms in total. The Morgan fingerprint density at radius 3 is 2.42 bits per heavy atom. The SMILES string of the molecule is Bc1ccc(C(=O)Cn2c(=N)n(CCOc3ccccc3)c3c(CC)cccc32)cc1. The molecular weight excluding hydrogens is 385 g/mol. The molecule has 0 spiro atoms. The lowest BCUT2D eigenvalue weighted by Gasteiger charge is -2.09. The number of aryl methyl sites for hydroxylation is 1. The number of hydrogen-bond donors (Lipinski definition) is 1. The summed E-state index contributed by atoms with van der Waals surface area (Å²) < 4.78 is 9.64. The van der Waals surface area contributed by atoms with E-state index in [1.165, 1.54) is 0 Å². The molecule has 156 valence electrons. The summed E-state index contributed by atoms with van der Waals surface area (Å²) in [7, 11) is 2.00. The monoisotopic (exact) mass is 411 g/mol. The van der Waals surface area contributed by atoms with Crippen molar-refractivity contribution in [3.63, 3.8) is 0 Å². The zero-order chi connectivity index (χ0) is 21.8. The number of nitrogens with zero attached hydrogens (tertiary/aromatic N) is 2. The van der Waals surface area contributed by atoms with Crippen LogP contribution in [0.2, 0.25) is 0 Å². The van der Waals surface area contributed by atoms with Crippen molar-refractivity contribution in [3.8, 4) is 5.75 Å². The second-order valence-corrected chi connectivity index (χ2v) is 7.65. The summed E-state index contributed by atoms with van der Waals surface area (Å²) in [4.78, 5) is 12.9. The van der Waals surface area contributed by atoms with E-state index in [0.717, 1.165) is 34.2 Å². The number of hydrogen-bond acceptors (Lipinski definition) is 3. The molecule has 0 saturated carbocycles. The van der Waals surface area contributed by atoms with Crippen LogP contribution in [0.25, 0.3) is 11.0 Å². The van der Waals surface area contributed by atoms with Crippen molar-refractivity contribution in [3.05, 3.63) is 89.5 Å². The van der Waals surface area contributed by atoms with E-state index in [9.17, 15) is 4.79 Å². The van der Waals surface area contributed by atoms with Crippen LogP contribution in [0.5, 0.6) is 5.75 Å². The molecule has 0 saturated heterocycles. The second kappa shape index (κ2) is 9.08. The van der Waals surface area contributed by atoms with Gasteiger partial charge in [-0.3, -0.25) is 10.2 Å². The first-order chi connectivity index (χ1) is 15.1. The van der Waals surface area contributed by atoms with Gasteiger partial charge >= 0.3 is 0 Å². The fourth-order valence-corrected chi connectivity index (χ4v) is 3.88. The highest BCUT2D eigenvalue weighted by Crippen LogP contribution is 2.20. The predicted octanol–water partition coefficient (Wildman–Crippen LogP) is 2.70. The van der Waals surface area contributed by atoms with E-state index in [1.807, 2.05) is 79.1 Å². The molecule has 0 aliphatic heterocycles. The molecule has 4 aromatic rings. The van der Waals surface area contributed by atoms with Gasteiger partial charge in [-0.05, 0) is 30.2 Å². The average Bonchev–Trinajstić information content (AvgIpc) is 3.06. The van der Waals surface area contributed by atoms with Crippen molar-refractivity contribution in [2.45, 2.75) is 26.4 Å². The standard InChI is InChI=1S/C25H26BN3O2/c1-2-18-7-6-10-22-24(18)28(15-16-31-21-8-4-3-5-9-21)25(27)29(22)17-23(30)19-11-13-20(26)14-12-19/h3-14,27H,2,15-17,26H2,1H3. The van der Waals surface area contributed by atoms with Crippen LogP contribution in [-0.2, 0) is 19.5 Å². The van der Waals surface area contributed by atoms with Crippen LogP contribution in [0.15, 0.2) is 72.8 Å². The first kappa shape index (κ1) is 20.7. The van der Waals surface area contributed by atoms with Crippen LogP contribution in [0, 0.1) is 5.41 Å². The van der Waals surface area contributed by atoms with Crippen molar-refractivity contribution < 1.29 is 9.53 Å². The third-order valence-electron chi connectivity index (χ3n) is 5.55. The quantitative estimate of drug-likeness (QED) is 0.358. The van der Waals surface area contributed by atoms with E-state index in [0.29, 0.717) is 24.3 Å². The molecular formula is C25H26BN3O2. The molecule has 0 radical (unpaired) electrons. The smallest absolute Gasteiger partial charge is 0.203 e. The van der Waals surface area contributed by atoms with Gasteiger partial charge in [-0.2, -0.15) is 0 Å². The number of imidazole rings is 1. The van der Waals surface area contributed by atoms with E-state index >= 15 is 0 Å². The highest BCUT2D eigenvalue weighted by Gasteiger charge is 2.16. The minimum Gasteiger partial charge on any atom is -0.492 e. The number of carbonyl (C=O) groups is 1. The van der Waals surface area contributed by atoms with Gasteiger partial charge in [0.25, 0.3) is 0 Å². The fraction of sp³-hybridized carbons (Fsp3) is 0.200. The van der Waals surface area contributed by atoms with Crippen LogP contribution in [0.4, 0.5) is 0 Å². The number of aromatic nitrogens is 2. The zero-order valence-electron chi connectivity index (χ0n) is 18.0. The third kappa shape index (κ3) is 4.33. The first-order valence-electron chi connectivity index (χ1n) is 10.6. The highest BCUT2D eigenvalue weighted by atomic mass is 16.5. The predicted molar refractivity (Wildman–Crippen MR) is 126 cm³/mol. The molecule has 0 fully saturated rings. The summed E-state index contributed by atoms with van der Waals surface area (Å²) in [5.74, 6) is 0.809. The van der Waals surface area contributed by atoms with Crippen molar-refractivity contribution >= 4 is 30.1 Å². The average molecular weight is 411 g/mol. The van der Waals surface area contributed by atoms with Crippen molar-refractivity contribution in [1.82, 2.24) is 9.13 Å². The topological polar surface area (TPSA) is 60.0 Å². The number of fused-ring (bicyclic) bond motifs is 1. The molecule has 1 heterocycles. The van der Waals surface area contributed by atoms with Gasteiger partial charge in [-0.15, -0.1) is 0 Å². The fourth-order valence-electron chi connectivity index (χ4n) is 3.88. The summed E-state index contributed by atoms with van der Waals surface area (Å²) >= 11 is 0. The molecule has 31 heavy (non-hydrogen) atoms. The maximum atomic E-state index is 12.9. The number of rotatable bonds is 8. The Kier molecular flexibility index (Phi) is 6.07. The van der Waals surface area contributed by atoms with Gasteiger partial charge in [-0.25, -0.2) is 0 Å². The van der Waals surface area contributed by atoms with E-state index in [4.69, 9.17) is 10.1 Å². The Labute approximate surface area is 182 Å². The third-order valence-corrected chi connectivity index (χ3v) is 5.55. The van der Waals surface area contributed by atoms with Gasteiger partial charge in [0, 0.05) is 5.56 Å². The number of ether oxygens (including phenoxy) is 1. The van der Waals surface area contributed by atoms with Gasteiger partial charge in [0.2, 0.25) is 5.62 Å². The van der Waals surface area contributed by atoms with Gasteiger partial charge in [0.15, 0.2) is 5.78 Å². The van der Waals surface area contributed by atoms with Crippen LogP contribution in [0.1, 0.15) is 22.8 Å². The molecule has 3 aromatic carbocycles. The molecule has 1 aromatic heterocycles.